The highest BCUT2D eigenvalue weighted by Crippen LogP contribution is 2.19. The summed E-state index contributed by atoms with van der Waals surface area (Å²) in [6.45, 7) is 0.599. The number of pyridine rings is 1. The third-order valence-electron chi connectivity index (χ3n) is 2.61. The van der Waals surface area contributed by atoms with E-state index in [1.165, 1.54) is 0 Å². The van der Waals surface area contributed by atoms with Gasteiger partial charge in [0.25, 0.3) is 0 Å². The number of nitrogens with one attached hydrogen (secondary N) is 1. The Hall–Kier alpha value is -2.25. The molecule has 0 radical (unpaired) electrons. The molecule has 1 aromatic carbocycles. The molecule has 0 saturated carbocycles. The molecule has 2 rings (SSSR count). The lowest BCUT2D eigenvalue weighted by atomic mass is 10.1. The van der Waals surface area contributed by atoms with E-state index in [4.69, 9.17) is 21.6 Å². The van der Waals surface area contributed by atoms with Gasteiger partial charge < -0.3 is 10.1 Å². The molecule has 1 N–H and O–H groups in total. The molecule has 0 atom stereocenters. The second kappa shape index (κ2) is 6.07. The van der Waals surface area contributed by atoms with Crippen molar-refractivity contribution in [1.82, 2.24) is 4.98 Å². The molecule has 0 saturated heterocycles. The predicted octanol–water partition coefficient (Wildman–Crippen LogP) is 3.23. The summed E-state index contributed by atoms with van der Waals surface area (Å²) >= 11 is 5.71. The van der Waals surface area contributed by atoms with Gasteiger partial charge in [0.05, 0.1) is 24.6 Å². The van der Waals surface area contributed by atoms with Crippen LogP contribution < -0.4 is 10.1 Å². The summed E-state index contributed by atoms with van der Waals surface area (Å²) in [5.41, 5.74) is 2.39. The molecule has 0 spiro atoms. The molecule has 0 aliphatic rings. The number of nitriles is 1. The standard InChI is InChI=1S/C14H12ClN3O/c1-19-13-4-2-10(6-11(13)7-16)8-17-12-3-5-14(15)18-9-12/h2-6,9,17H,8H2,1H3. The van der Waals surface area contributed by atoms with Gasteiger partial charge >= 0.3 is 0 Å². The minimum absolute atomic E-state index is 0.460. The highest BCUT2D eigenvalue weighted by atomic mass is 35.5. The average Bonchev–Trinajstić information content (AvgIpc) is 2.46. The molecule has 0 aliphatic heterocycles. The lowest BCUT2D eigenvalue weighted by molar-refractivity contribution is 0.413. The summed E-state index contributed by atoms with van der Waals surface area (Å²) in [5.74, 6) is 0.583. The van der Waals surface area contributed by atoms with E-state index < -0.39 is 0 Å². The molecule has 0 unspecified atom stereocenters. The van der Waals surface area contributed by atoms with Crippen LogP contribution in [0.25, 0.3) is 0 Å². The number of benzene rings is 1. The fourth-order valence-corrected chi connectivity index (χ4v) is 1.75. The van der Waals surface area contributed by atoms with Crippen molar-refractivity contribution in [3.05, 3.63) is 52.8 Å². The zero-order chi connectivity index (χ0) is 13.7. The largest absolute Gasteiger partial charge is 0.495 e. The van der Waals surface area contributed by atoms with Gasteiger partial charge in [0.2, 0.25) is 0 Å². The van der Waals surface area contributed by atoms with Gasteiger partial charge in [0, 0.05) is 6.54 Å². The molecule has 96 valence electrons. The minimum atomic E-state index is 0.460. The van der Waals surface area contributed by atoms with Crippen molar-refractivity contribution in [3.8, 4) is 11.8 Å². The van der Waals surface area contributed by atoms with Gasteiger partial charge in [-0.3, -0.25) is 0 Å². The molecule has 0 fully saturated rings. The average molecular weight is 274 g/mol. The molecule has 2 aromatic rings. The van der Waals surface area contributed by atoms with E-state index in [9.17, 15) is 0 Å². The number of aromatic nitrogens is 1. The summed E-state index contributed by atoms with van der Waals surface area (Å²) < 4.78 is 5.10. The van der Waals surface area contributed by atoms with Gasteiger partial charge in [-0.1, -0.05) is 17.7 Å². The van der Waals surface area contributed by atoms with Crippen molar-refractivity contribution >= 4 is 17.3 Å². The van der Waals surface area contributed by atoms with E-state index in [0.717, 1.165) is 11.3 Å². The molecule has 0 bridgehead atoms. The molecule has 0 amide bonds. The van der Waals surface area contributed by atoms with Crippen LogP contribution >= 0.6 is 11.6 Å². The first-order valence-electron chi connectivity index (χ1n) is 5.65. The molecule has 5 heteroatoms. The quantitative estimate of drug-likeness (QED) is 0.869. The van der Waals surface area contributed by atoms with E-state index in [1.807, 2.05) is 12.1 Å². The number of hydrogen-bond acceptors (Lipinski definition) is 4. The van der Waals surface area contributed by atoms with Crippen molar-refractivity contribution < 1.29 is 4.74 Å². The number of rotatable bonds is 4. The molecule has 19 heavy (non-hydrogen) atoms. The molecule has 1 aromatic heterocycles. The Morgan fingerprint density at radius 2 is 2.21 bits per heavy atom. The van der Waals surface area contributed by atoms with Gasteiger partial charge in [-0.15, -0.1) is 0 Å². The molecule has 0 aliphatic carbocycles. The third kappa shape index (κ3) is 3.36. The molecular formula is C14H12ClN3O. The fourth-order valence-electron chi connectivity index (χ4n) is 1.64. The zero-order valence-electron chi connectivity index (χ0n) is 10.4. The number of nitrogens with zero attached hydrogens (tertiary/aromatic N) is 2. The molecule has 4 nitrogen and oxygen atoms in total. The van der Waals surface area contributed by atoms with Gasteiger partial charge in [0.15, 0.2) is 0 Å². The molecule has 1 heterocycles. The van der Waals surface area contributed by atoms with E-state index in [1.54, 1.807) is 31.5 Å². The van der Waals surface area contributed by atoms with E-state index in [-0.39, 0.29) is 0 Å². The van der Waals surface area contributed by atoms with E-state index in [2.05, 4.69) is 16.4 Å². The Kier molecular flexibility index (Phi) is 4.22. The number of halogens is 1. The second-order valence-electron chi connectivity index (χ2n) is 3.87. The van der Waals surface area contributed by atoms with Gasteiger partial charge in [-0.2, -0.15) is 5.26 Å². The number of anilines is 1. The predicted molar refractivity (Wildman–Crippen MR) is 74.3 cm³/mol. The first-order chi connectivity index (χ1) is 9.22. The van der Waals surface area contributed by atoms with Crippen LogP contribution in [0.2, 0.25) is 5.15 Å². The SMILES string of the molecule is COc1ccc(CNc2ccc(Cl)nc2)cc1C#N. The summed E-state index contributed by atoms with van der Waals surface area (Å²) in [6, 6.07) is 11.2. The Labute approximate surface area is 116 Å². The fraction of sp³-hybridized carbons (Fsp3) is 0.143. The van der Waals surface area contributed by atoms with Crippen LogP contribution in [-0.2, 0) is 6.54 Å². The molecular weight excluding hydrogens is 262 g/mol. The topological polar surface area (TPSA) is 57.9 Å². The maximum absolute atomic E-state index is 9.01. The summed E-state index contributed by atoms with van der Waals surface area (Å²) in [6.07, 6.45) is 1.66. The number of ether oxygens (including phenoxy) is 1. The van der Waals surface area contributed by atoms with Crippen LogP contribution in [0.4, 0.5) is 5.69 Å². The van der Waals surface area contributed by atoms with E-state index >= 15 is 0 Å². The summed E-state index contributed by atoms with van der Waals surface area (Å²) in [5, 5.41) is 12.7. The van der Waals surface area contributed by atoms with Crippen molar-refractivity contribution in [2.45, 2.75) is 6.54 Å². The first-order valence-corrected chi connectivity index (χ1v) is 6.03. The van der Waals surface area contributed by atoms with Gasteiger partial charge in [-0.05, 0) is 29.8 Å². The van der Waals surface area contributed by atoms with Crippen LogP contribution in [0.5, 0.6) is 5.75 Å². The highest BCUT2D eigenvalue weighted by Gasteiger charge is 2.03. The normalized spacial score (nSPS) is 9.74. The second-order valence-corrected chi connectivity index (χ2v) is 4.26. The third-order valence-corrected chi connectivity index (χ3v) is 2.83. The Morgan fingerprint density at radius 3 is 2.84 bits per heavy atom. The van der Waals surface area contributed by atoms with Gasteiger partial charge in [-0.25, -0.2) is 4.98 Å². The zero-order valence-corrected chi connectivity index (χ0v) is 11.1. The van der Waals surface area contributed by atoms with E-state index in [0.29, 0.717) is 23.0 Å². The Morgan fingerprint density at radius 1 is 1.37 bits per heavy atom. The lowest BCUT2D eigenvalue weighted by Gasteiger charge is -2.08. The first kappa shape index (κ1) is 13.2. The van der Waals surface area contributed by atoms with Crippen LogP contribution in [0.3, 0.4) is 0 Å². The lowest BCUT2D eigenvalue weighted by Crippen LogP contribution is -2.00. The Bertz CT molecular complexity index is 605. The number of methoxy groups -OCH3 is 1. The van der Waals surface area contributed by atoms with Crippen LogP contribution in [0.1, 0.15) is 11.1 Å². The maximum Gasteiger partial charge on any atom is 0.136 e. The smallest absolute Gasteiger partial charge is 0.136 e. The monoisotopic (exact) mass is 273 g/mol. The van der Waals surface area contributed by atoms with Crippen molar-refractivity contribution in [2.24, 2.45) is 0 Å². The van der Waals surface area contributed by atoms with Crippen molar-refractivity contribution in [3.63, 3.8) is 0 Å². The number of hydrogen-bond donors (Lipinski definition) is 1. The summed E-state index contributed by atoms with van der Waals surface area (Å²) in [4.78, 5) is 3.98. The van der Waals surface area contributed by atoms with Crippen LogP contribution in [0, 0.1) is 11.3 Å². The maximum atomic E-state index is 9.01. The minimum Gasteiger partial charge on any atom is -0.495 e. The van der Waals surface area contributed by atoms with Crippen LogP contribution in [-0.4, -0.2) is 12.1 Å². The van der Waals surface area contributed by atoms with Crippen LogP contribution in [0.15, 0.2) is 36.5 Å². The Balaban J connectivity index is 2.08. The van der Waals surface area contributed by atoms with Crippen molar-refractivity contribution in [2.75, 3.05) is 12.4 Å². The van der Waals surface area contributed by atoms with Crippen molar-refractivity contribution in [1.29, 1.82) is 5.26 Å². The summed E-state index contributed by atoms with van der Waals surface area (Å²) in [7, 11) is 1.55. The highest BCUT2D eigenvalue weighted by molar-refractivity contribution is 6.29. The van der Waals surface area contributed by atoms with Gasteiger partial charge in [0.1, 0.15) is 17.0 Å².